The Hall–Kier alpha value is -2.13. The Labute approximate surface area is 220 Å². The maximum Gasteiger partial charge on any atom is 0.225 e. The second-order valence-corrected chi connectivity index (χ2v) is 11.0. The molecule has 2 aliphatic heterocycles. The number of benzene rings is 1. The molecule has 8 nitrogen and oxygen atoms in total. The molecule has 1 unspecified atom stereocenters. The van der Waals surface area contributed by atoms with Crippen molar-refractivity contribution in [2.75, 3.05) is 59.5 Å². The van der Waals surface area contributed by atoms with E-state index >= 15 is 0 Å². The summed E-state index contributed by atoms with van der Waals surface area (Å²) in [7, 11) is 2.09. The zero-order valence-corrected chi connectivity index (χ0v) is 23.1. The summed E-state index contributed by atoms with van der Waals surface area (Å²) in [6.45, 7) is 14.9. The second-order valence-electron chi connectivity index (χ2n) is 10.5. The van der Waals surface area contributed by atoms with E-state index in [0.29, 0.717) is 37.2 Å². The van der Waals surface area contributed by atoms with Crippen LogP contribution in [0.4, 0.5) is 0 Å². The molecule has 0 saturated carbocycles. The van der Waals surface area contributed by atoms with Crippen molar-refractivity contribution in [1.29, 1.82) is 0 Å². The summed E-state index contributed by atoms with van der Waals surface area (Å²) in [4.78, 5) is 20.0. The van der Waals surface area contributed by atoms with Crippen molar-refractivity contribution in [1.82, 2.24) is 24.5 Å². The Morgan fingerprint density at radius 2 is 1.83 bits per heavy atom. The highest BCUT2D eigenvalue weighted by molar-refractivity contribution is 6.30. The number of piperazine rings is 1. The van der Waals surface area contributed by atoms with Gasteiger partial charge in [-0.2, -0.15) is 5.10 Å². The fourth-order valence-electron chi connectivity index (χ4n) is 5.14. The summed E-state index contributed by atoms with van der Waals surface area (Å²) >= 11 is 6.05. The molecule has 0 bridgehead atoms. The van der Waals surface area contributed by atoms with Crippen molar-refractivity contribution in [3.8, 4) is 5.75 Å². The fraction of sp³-hybridized carbons (Fsp3) is 0.630. The Kier molecular flexibility index (Phi) is 8.60. The van der Waals surface area contributed by atoms with Gasteiger partial charge in [-0.3, -0.25) is 14.4 Å². The van der Waals surface area contributed by atoms with Gasteiger partial charge in [0.15, 0.2) is 0 Å². The zero-order chi connectivity index (χ0) is 25.9. The topological polar surface area (TPSA) is 63.1 Å². The minimum atomic E-state index is -0.728. The van der Waals surface area contributed by atoms with Gasteiger partial charge in [0.25, 0.3) is 0 Å². The third kappa shape index (κ3) is 6.40. The number of hydrogen-bond acceptors (Lipinski definition) is 6. The molecule has 1 atom stereocenters. The first-order valence-electron chi connectivity index (χ1n) is 12.9. The molecular formula is C27H40ClN5O3. The van der Waals surface area contributed by atoms with Gasteiger partial charge in [-0.1, -0.05) is 11.6 Å². The summed E-state index contributed by atoms with van der Waals surface area (Å²) in [5.74, 6) is 0.848. The highest BCUT2D eigenvalue weighted by atomic mass is 35.5. The third-order valence-electron chi connectivity index (χ3n) is 7.32. The van der Waals surface area contributed by atoms with Crippen LogP contribution in [0.3, 0.4) is 0 Å². The van der Waals surface area contributed by atoms with E-state index in [-0.39, 0.29) is 5.91 Å². The van der Waals surface area contributed by atoms with Crippen LogP contribution in [0.2, 0.25) is 5.02 Å². The van der Waals surface area contributed by atoms with Crippen molar-refractivity contribution >= 4 is 17.5 Å². The molecule has 1 amide bonds. The van der Waals surface area contributed by atoms with Crippen LogP contribution < -0.4 is 4.74 Å². The lowest BCUT2D eigenvalue weighted by Crippen LogP contribution is -2.58. The lowest BCUT2D eigenvalue weighted by Gasteiger charge is -2.43. The van der Waals surface area contributed by atoms with E-state index in [2.05, 4.69) is 49.2 Å². The minimum absolute atomic E-state index is 0.129. The summed E-state index contributed by atoms with van der Waals surface area (Å²) in [6, 6.07) is 7.64. The van der Waals surface area contributed by atoms with Crippen molar-refractivity contribution in [3.63, 3.8) is 0 Å². The number of rotatable bonds is 8. The van der Waals surface area contributed by atoms with Crippen LogP contribution in [0.15, 0.2) is 24.3 Å². The summed E-state index contributed by atoms with van der Waals surface area (Å²) in [5.41, 5.74) is 2.78. The monoisotopic (exact) mass is 517 g/mol. The number of likely N-dealkylation sites (N-methyl/N-ethyl adjacent to an activating group) is 1. The van der Waals surface area contributed by atoms with Crippen LogP contribution in [0.25, 0.3) is 0 Å². The average molecular weight is 518 g/mol. The Morgan fingerprint density at radius 3 is 2.47 bits per heavy atom. The van der Waals surface area contributed by atoms with Gasteiger partial charge < -0.3 is 19.3 Å². The number of aryl methyl sites for hydroxylation is 1. The first-order chi connectivity index (χ1) is 17.2. The number of nitrogens with zero attached hydrogens (tertiary/aromatic N) is 5. The number of hydrogen-bond donors (Lipinski definition) is 0. The molecule has 1 aromatic carbocycles. The Morgan fingerprint density at radius 1 is 1.14 bits per heavy atom. The average Bonchev–Trinajstić information content (AvgIpc) is 3.13. The predicted octanol–water partition coefficient (Wildman–Crippen LogP) is 3.55. The van der Waals surface area contributed by atoms with E-state index in [0.717, 1.165) is 50.7 Å². The molecule has 0 aliphatic carbocycles. The number of halogens is 1. The van der Waals surface area contributed by atoms with Crippen molar-refractivity contribution in [3.05, 3.63) is 46.2 Å². The highest BCUT2D eigenvalue weighted by Gasteiger charge is 2.41. The fourth-order valence-corrected chi connectivity index (χ4v) is 5.27. The van der Waals surface area contributed by atoms with E-state index in [9.17, 15) is 4.79 Å². The molecule has 3 heterocycles. The van der Waals surface area contributed by atoms with Gasteiger partial charge in [0.2, 0.25) is 5.91 Å². The van der Waals surface area contributed by atoms with Gasteiger partial charge in [0.05, 0.1) is 18.7 Å². The van der Waals surface area contributed by atoms with Crippen molar-refractivity contribution in [2.24, 2.45) is 0 Å². The molecule has 2 fully saturated rings. The van der Waals surface area contributed by atoms with E-state index < -0.39 is 5.60 Å². The third-order valence-corrected chi connectivity index (χ3v) is 7.57. The number of aromatic nitrogens is 2. The normalized spacial score (nSPS) is 21.8. The number of carbonyl (C=O) groups excluding carboxylic acids is 1. The standard InChI is InChI=1S/C27H40ClN5O3/c1-20(2)33-22(4)25(21(3)29-33)17-31-14-15-36-27(18-31,19-35-24-8-6-23(28)7-9-24)16-26(34)32-12-10-30(5)11-13-32/h6-9,20H,10-19H2,1-5H3. The predicted molar refractivity (Wildman–Crippen MR) is 142 cm³/mol. The number of morpholine rings is 1. The van der Waals surface area contributed by atoms with Crippen LogP contribution in [-0.4, -0.2) is 95.5 Å². The van der Waals surface area contributed by atoms with Crippen LogP contribution in [0, 0.1) is 13.8 Å². The second kappa shape index (κ2) is 11.5. The Balaban J connectivity index is 1.51. The van der Waals surface area contributed by atoms with Crippen molar-refractivity contribution in [2.45, 2.75) is 52.3 Å². The van der Waals surface area contributed by atoms with Crippen LogP contribution in [-0.2, 0) is 16.1 Å². The summed E-state index contributed by atoms with van der Waals surface area (Å²) < 4.78 is 14.7. The van der Waals surface area contributed by atoms with Crippen LogP contribution in [0.1, 0.15) is 43.3 Å². The lowest BCUT2D eigenvalue weighted by atomic mass is 9.96. The van der Waals surface area contributed by atoms with E-state index in [4.69, 9.17) is 26.2 Å². The molecule has 198 valence electrons. The van der Waals surface area contributed by atoms with Crippen molar-refractivity contribution < 1.29 is 14.3 Å². The first-order valence-corrected chi connectivity index (χ1v) is 13.3. The minimum Gasteiger partial charge on any atom is -0.491 e. The van der Waals surface area contributed by atoms with Gasteiger partial charge >= 0.3 is 0 Å². The molecule has 0 radical (unpaired) electrons. The molecular weight excluding hydrogens is 478 g/mol. The number of ether oxygens (including phenoxy) is 2. The maximum atomic E-state index is 13.4. The Bertz CT molecular complexity index is 1030. The van der Waals surface area contributed by atoms with E-state index in [1.54, 1.807) is 0 Å². The molecule has 1 aromatic heterocycles. The molecule has 0 spiro atoms. The molecule has 9 heteroatoms. The maximum absolute atomic E-state index is 13.4. The zero-order valence-electron chi connectivity index (χ0n) is 22.3. The van der Waals surface area contributed by atoms with E-state index in [1.165, 1.54) is 11.3 Å². The molecule has 2 aliphatic rings. The number of amides is 1. The highest BCUT2D eigenvalue weighted by Crippen LogP contribution is 2.28. The molecule has 2 saturated heterocycles. The molecule has 36 heavy (non-hydrogen) atoms. The largest absolute Gasteiger partial charge is 0.491 e. The number of carbonyl (C=O) groups is 1. The smallest absolute Gasteiger partial charge is 0.225 e. The van der Waals surface area contributed by atoms with Gasteiger partial charge in [-0.15, -0.1) is 0 Å². The summed E-state index contributed by atoms with van der Waals surface area (Å²) in [6.07, 6.45) is 0.296. The summed E-state index contributed by atoms with van der Waals surface area (Å²) in [5, 5.41) is 5.43. The molecule has 2 aromatic rings. The van der Waals surface area contributed by atoms with Crippen LogP contribution in [0.5, 0.6) is 5.75 Å². The van der Waals surface area contributed by atoms with Gasteiger partial charge in [-0.05, 0) is 59.0 Å². The first kappa shape index (κ1) is 26.9. The van der Waals surface area contributed by atoms with Gasteiger partial charge in [0, 0.05) is 68.1 Å². The van der Waals surface area contributed by atoms with Gasteiger partial charge in [-0.25, -0.2) is 0 Å². The molecule has 0 N–H and O–H groups in total. The SMILES string of the molecule is Cc1nn(C(C)C)c(C)c1CN1CCOC(COc2ccc(Cl)cc2)(CC(=O)N2CCN(C)CC2)C1. The van der Waals surface area contributed by atoms with E-state index in [1.807, 2.05) is 29.2 Å². The quantitative estimate of drug-likeness (QED) is 0.533. The van der Waals surface area contributed by atoms with Gasteiger partial charge in [0.1, 0.15) is 18.0 Å². The lowest BCUT2D eigenvalue weighted by molar-refractivity contribution is -0.158. The molecule has 4 rings (SSSR count). The van der Waals surface area contributed by atoms with Crippen LogP contribution >= 0.6 is 11.6 Å².